The smallest absolute Gasteiger partial charge is 0.254 e. The maximum Gasteiger partial charge on any atom is 0.254 e. The summed E-state index contributed by atoms with van der Waals surface area (Å²) in [6, 6.07) is 5.36. The molecule has 0 radical (unpaired) electrons. The molecule has 100 valence electrons. The maximum absolute atomic E-state index is 12.3. The first-order valence-electron chi connectivity index (χ1n) is 5.93. The lowest BCUT2D eigenvalue weighted by Gasteiger charge is -2.16. The molecular weight excluding hydrogens is 242 g/mol. The first-order chi connectivity index (χ1) is 9.11. The highest BCUT2D eigenvalue weighted by Gasteiger charge is 2.13. The van der Waals surface area contributed by atoms with E-state index in [1.807, 2.05) is 13.0 Å². The standard InChI is InChI=1S/C13H17N5O/c1-9-7-10(3-4-11(9)17-14)13(19)18(2)8-12-15-5-6-16-12/h3-7,17H,8,14H2,1-2H3,(H,15,16). The van der Waals surface area contributed by atoms with Gasteiger partial charge >= 0.3 is 0 Å². The fourth-order valence-corrected chi connectivity index (χ4v) is 1.86. The van der Waals surface area contributed by atoms with Crippen LogP contribution in [0.1, 0.15) is 21.7 Å². The molecule has 1 heterocycles. The van der Waals surface area contributed by atoms with Gasteiger partial charge in [-0.2, -0.15) is 0 Å². The molecule has 0 saturated carbocycles. The van der Waals surface area contributed by atoms with Crippen molar-refractivity contribution in [2.75, 3.05) is 12.5 Å². The highest BCUT2D eigenvalue weighted by atomic mass is 16.2. The summed E-state index contributed by atoms with van der Waals surface area (Å²) in [5.41, 5.74) is 4.96. The minimum atomic E-state index is -0.0527. The average Bonchev–Trinajstić information content (AvgIpc) is 2.90. The number of amides is 1. The Morgan fingerprint density at radius 1 is 1.53 bits per heavy atom. The summed E-state index contributed by atoms with van der Waals surface area (Å²) in [4.78, 5) is 20.9. The number of nitrogens with two attached hydrogens (primary N) is 1. The average molecular weight is 259 g/mol. The molecule has 0 aliphatic rings. The highest BCUT2D eigenvalue weighted by molar-refractivity contribution is 5.94. The molecular formula is C13H17N5O. The van der Waals surface area contributed by atoms with E-state index in [1.165, 1.54) is 0 Å². The zero-order valence-corrected chi connectivity index (χ0v) is 11.0. The van der Waals surface area contributed by atoms with Crippen LogP contribution in [0.25, 0.3) is 0 Å². The zero-order valence-electron chi connectivity index (χ0n) is 11.0. The molecule has 19 heavy (non-hydrogen) atoms. The van der Waals surface area contributed by atoms with E-state index >= 15 is 0 Å². The van der Waals surface area contributed by atoms with Crippen LogP contribution in [0.4, 0.5) is 5.69 Å². The third-order valence-electron chi connectivity index (χ3n) is 2.92. The topological polar surface area (TPSA) is 87.0 Å². The van der Waals surface area contributed by atoms with Gasteiger partial charge in [-0.15, -0.1) is 0 Å². The Morgan fingerprint density at radius 2 is 2.32 bits per heavy atom. The summed E-state index contributed by atoms with van der Waals surface area (Å²) >= 11 is 0. The maximum atomic E-state index is 12.3. The molecule has 0 unspecified atom stereocenters. The van der Waals surface area contributed by atoms with Gasteiger partial charge in [0.15, 0.2) is 0 Å². The third-order valence-corrected chi connectivity index (χ3v) is 2.92. The summed E-state index contributed by atoms with van der Waals surface area (Å²) in [5, 5.41) is 0. The molecule has 0 bridgehead atoms. The van der Waals surface area contributed by atoms with Crippen LogP contribution in [-0.4, -0.2) is 27.8 Å². The number of aryl methyl sites for hydroxylation is 1. The number of nitrogen functional groups attached to an aromatic ring is 1. The van der Waals surface area contributed by atoms with Crippen LogP contribution in [0.5, 0.6) is 0 Å². The second kappa shape index (κ2) is 5.53. The van der Waals surface area contributed by atoms with Crippen molar-refractivity contribution in [3.8, 4) is 0 Å². The van der Waals surface area contributed by atoms with E-state index in [0.717, 1.165) is 17.1 Å². The summed E-state index contributed by atoms with van der Waals surface area (Å²) in [6.07, 6.45) is 3.40. The van der Waals surface area contributed by atoms with Gasteiger partial charge in [-0.1, -0.05) is 0 Å². The van der Waals surface area contributed by atoms with Gasteiger partial charge in [0.25, 0.3) is 5.91 Å². The Balaban J connectivity index is 2.12. The zero-order chi connectivity index (χ0) is 13.8. The second-order valence-corrected chi connectivity index (χ2v) is 4.37. The van der Waals surface area contributed by atoms with E-state index in [1.54, 1.807) is 36.5 Å². The molecule has 0 aliphatic carbocycles. The van der Waals surface area contributed by atoms with E-state index in [4.69, 9.17) is 5.84 Å². The number of carbonyl (C=O) groups is 1. The van der Waals surface area contributed by atoms with E-state index < -0.39 is 0 Å². The number of aromatic nitrogens is 2. The molecule has 0 saturated heterocycles. The van der Waals surface area contributed by atoms with E-state index in [2.05, 4.69) is 15.4 Å². The SMILES string of the molecule is Cc1cc(C(=O)N(C)Cc2ncc[nH]2)ccc1NN. The Hall–Kier alpha value is -2.34. The Kier molecular flexibility index (Phi) is 3.82. The largest absolute Gasteiger partial charge is 0.347 e. The van der Waals surface area contributed by atoms with Crippen molar-refractivity contribution in [3.63, 3.8) is 0 Å². The number of nitrogens with one attached hydrogen (secondary N) is 2. The van der Waals surface area contributed by atoms with Gasteiger partial charge in [0.05, 0.1) is 12.2 Å². The van der Waals surface area contributed by atoms with E-state index in [0.29, 0.717) is 12.1 Å². The van der Waals surface area contributed by atoms with Gasteiger partial charge in [-0.25, -0.2) is 4.98 Å². The number of carbonyl (C=O) groups excluding carboxylic acids is 1. The fourth-order valence-electron chi connectivity index (χ4n) is 1.86. The van der Waals surface area contributed by atoms with Crippen molar-refractivity contribution < 1.29 is 4.79 Å². The Bertz CT molecular complexity index is 564. The van der Waals surface area contributed by atoms with Gasteiger partial charge in [0, 0.05) is 25.0 Å². The molecule has 1 amide bonds. The molecule has 0 fully saturated rings. The number of hydrogen-bond acceptors (Lipinski definition) is 4. The van der Waals surface area contributed by atoms with Crippen molar-refractivity contribution >= 4 is 11.6 Å². The van der Waals surface area contributed by atoms with Crippen molar-refractivity contribution in [1.29, 1.82) is 0 Å². The van der Waals surface area contributed by atoms with Crippen LogP contribution in [0.3, 0.4) is 0 Å². The van der Waals surface area contributed by atoms with E-state index in [-0.39, 0.29) is 5.91 Å². The van der Waals surface area contributed by atoms with Gasteiger partial charge in [0.2, 0.25) is 0 Å². The first-order valence-corrected chi connectivity index (χ1v) is 5.93. The molecule has 0 atom stereocenters. The number of nitrogens with zero attached hydrogens (tertiary/aromatic N) is 2. The lowest BCUT2D eigenvalue weighted by Crippen LogP contribution is -2.26. The minimum absolute atomic E-state index is 0.0527. The Morgan fingerprint density at radius 3 is 2.89 bits per heavy atom. The van der Waals surface area contributed by atoms with Gasteiger partial charge in [-0.05, 0) is 30.7 Å². The summed E-state index contributed by atoms with van der Waals surface area (Å²) in [5.74, 6) is 6.07. The molecule has 6 nitrogen and oxygen atoms in total. The van der Waals surface area contributed by atoms with Gasteiger partial charge in [-0.3, -0.25) is 10.6 Å². The summed E-state index contributed by atoms with van der Waals surface area (Å²) in [7, 11) is 1.75. The minimum Gasteiger partial charge on any atom is -0.347 e. The number of H-pyrrole nitrogens is 1. The number of anilines is 1. The van der Waals surface area contributed by atoms with Gasteiger partial charge < -0.3 is 15.3 Å². The molecule has 0 spiro atoms. The molecule has 2 aromatic rings. The van der Waals surface area contributed by atoms with E-state index in [9.17, 15) is 4.79 Å². The number of rotatable bonds is 4. The molecule has 0 aliphatic heterocycles. The summed E-state index contributed by atoms with van der Waals surface area (Å²) < 4.78 is 0. The number of hydrogen-bond donors (Lipinski definition) is 3. The molecule has 6 heteroatoms. The predicted molar refractivity (Wildman–Crippen MR) is 73.4 cm³/mol. The first kappa shape index (κ1) is 13.1. The van der Waals surface area contributed by atoms with Crippen LogP contribution in [0.15, 0.2) is 30.6 Å². The van der Waals surface area contributed by atoms with Crippen molar-refractivity contribution in [3.05, 3.63) is 47.5 Å². The van der Waals surface area contributed by atoms with Crippen LogP contribution >= 0.6 is 0 Å². The normalized spacial score (nSPS) is 10.3. The van der Waals surface area contributed by atoms with Crippen LogP contribution in [0.2, 0.25) is 0 Å². The quantitative estimate of drug-likeness (QED) is 0.570. The molecule has 1 aromatic carbocycles. The fraction of sp³-hybridized carbons (Fsp3) is 0.231. The molecule has 4 N–H and O–H groups in total. The monoisotopic (exact) mass is 259 g/mol. The van der Waals surface area contributed by atoms with Crippen molar-refractivity contribution in [2.45, 2.75) is 13.5 Å². The number of benzene rings is 1. The summed E-state index contributed by atoms with van der Waals surface area (Å²) in [6.45, 7) is 2.35. The van der Waals surface area contributed by atoms with Gasteiger partial charge in [0.1, 0.15) is 5.82 Å². The number of hydrazine groups is 1. The lowest BCUT2D eigenvalue weighted by molar-refractivity contribution is 0.0782. The Labute approximate surface area is 111 Å². The second-order valence-electron chi connectivity index (χ2n) is 4.37. The third kappa shape index (κ3) is 2.92. The lowest BCUT2D eigenvalue weighted by atomic mass is 10.1. The number of aromatic amines is 1. The van der Waals surface area contributed by atoms with Crippen LogP contribution in [-0.2, 0) is 6.54 Å². The van der Waals surface area contributed by atoms with Crippen LogP contribution < -0.4 is 11.3 Å². The van der Waals surface area contributed by atoms with Crippen LogP contribution in [0, 0.1) is 6.92 Å². The van der Waals surface area contributed by atoms with Crippen molar-refractivity contribution in [2.24, 2.45) is 5.84 Å². The highest BCUT2D eigenvalue weighted by Crippen LogP contribution is 2.16. The van der Waals surface area contributed by atoms with Crippen molar-refractivity contribution in [1.82, 2.24) is 14.9 Å². The number of imidazole rings is 1. The molecule has 2 rings (SSSR count). The predicted octanol–water partition coefficient (Wildman–Crippen LogP) is 1.28. The molecule has 1 aromatic heterocycles.